The van der Waals surface area contributed by atoms with Gasteiger partial charge in [0.15, 0.2) is 0 Å². The molecule has 2 rings (SSSR count). The molecule has 2 N–H and O–H groups in total. The molecule has 0 radical (unpaired) electrons. The molecule has 102 valence electrons. The smallest absolute Gasteiger partial charge is 0.323 e. The molecular formula is C12H11F3N2S2. The number of nitrogens with zero attached hydrogens (tertiary/aromatic N) is 1. The number of benzene rings is 1. The fourth-order valence-electron chi connectivity index (χ4n) is 1.48. The average molecular weight is 304 g/mol. The molecule has 1 aromatic heterocycles. The zero-order valence-electron chi connectivity index (χ0n) is 9.72. The molecule has 0 bridgehead atoms. The summed E-state index contributed by atoms with van der Waals surface area (Å²) < 4.78 is 38.6. The van der Waals surface area contributed by atoms with E-state index in [0.29, 0.717) is 11.3 Å². The van der Waals surface area contributed by atoms with E-state index in [2.05, 4.69) is 4.98 Å². The Balaban J connectivity index is 2.04. The molecule has 2 aromatic rings. The molecule has 0 aliphatic rings. The van der Waals surface area contributed by atoms with Gasteiger partial charge in [-0.05, 0) is 17.7 Å². The Labute approximate surface area is 116 Å². The van der Waals surface area contributed by atoms with E-state index in [1.807, 2.05) is 5.38 Å². The third-order valence-electron chi connectivity index (χ3n) is 2.44. The van der Waals surface area contributed by atoms with E-state index in [1.54, 1.807) is 12.3 Å². The van der Waals surface area contributed by atoms with Crippen molar-refractivity contribution < 1.29 is 13.2 Å². The molecule has 19 heavy (non-hydrogen) atoms. The lowest BCUT2D eigenvalue weighted by Gasteiger charge is -2.13. The Morgan fingerprint density at radius 1 is 1.37 bits per heavy atom. The minimum absolute atomic E-state index is 0.448. The van der Waals surface area contributed by atoms with Crippen LogP contribution in [0.25, 0.3) is 0 Å². The highest BCUT2D eigenvalue weighted by Gasteiger charge is 2.30. The summed E-state index contributed by atoms with van der Waals surface area (Å²) in [5.41, 5.74) is 5.73. The number of hydrogen-bond donors (Lipinski definition) is 1. The Bertz CT molecular complexity index is 526. The SMILES string of the molecule is NC(CSc1nccs1)c1cccc(C(F)(F)F)c1. The summed E-state index contributed by atoms with van der Waals surface area (Å²) in [5.74, 6) is 0.495. The third kappa shape index (κ3) is 3.95. The average Bonchev–Trinajstić information content (AvgIpc) is 2.88. The van der Waals surface area contributed by atoms with Gasteiger partial charge in [-0.2, -0.15) is 13.2 Å². The molecule has 1 atom stereocenters. The summed E-state index contributed by atoms with van der Waals surface area (Å²) in [4.78, 5) is 4.08. The van der Waals surface area contributed by atoms with Gasteiger partial charge < -0.3 is 5.73 Å². The van der Waals surface area contributed by atoms with Gasteiger partial charge in [0, 0.05) is 23.4 Å². The van der Waals surface area contributed by atoms with Gasteiger partial charge in [0.25, 0.3) is 0 Å². The van der Waals surface area contributed by atoms with Crippen LogP contribution in [0.2, 0.25) is 0 Å². The predicted molar refractivity (Wildman–Crippen MR) is 71.2 cm³/mol. The number of halogens is 3. The molecule has 0 aliphatic heterocycles. The van der Waals surface area contributed by atoms with E-state index in [1.165, 1.54) is 29.2 Å². The number of hydrogen-bond acceptors (Lipinski definition) is 4. The standard InChI is InChI=1S/C12H11F3N2S2/c13-12(14,15)9-3-1-2-8(6-9)10(16)7-19-11-17-4-5-18-11/h1-6,10H,7,16H2. The third-order valence-corrected chi connectivity index (χ3v) is 4.52. The second-order valence-corrected chi connectivity index (χ2v) is 6.00. The fourth-order valence-corrected chi connectivity index (χ4v) is 3.14. The van der Waals surface area contributed by atoms with Crippen molar-refractivity contribution in [3.8, 4) is 0 Å². The first-order chi connectivity index (χ1) is 8.97. The fraction of sp³-hybridized carbons (Fsp3) is 0.250. The largest absolute Gasteiger partial charge is 0.416 e. The molecule has 0 saturated heterocycles. The number of alkyl halides is 3. The highest BCUT2D eigenvalue weighted by atomic mass is 32.2. The van der Waals surface area contributed by atoms with Crippen LogP contribution in [-0.2, 0) is 6.18 Å². The van der Waals surface area contributed by atoms with Crippen LogP contribution >= 0.6 is 23.1 Å². The van der Waals surface area contributed by atoms with Crippen molar-refractivity contribution in [3.05, 3.63) is 47.0 Å². The summed E-state index contributed by atoms with van der Waals surface area (Å²) in [6, 6.07) is 4.70. The normalized spacial score (nSPS) is 13.5. The second kappa shape index (κ2) is 5.94. The van der Waals surface area contributed by atoms with Crippen molar-refractivity contribution in [1.82, 2.24) is 4.98 Å². The van der Waals surface area contributed by atoms with Crippen molar-refractivity contribution in [2.24, 2.45) is 5.73 Å². The number of aromatic nitrogens is 1. The maximum atomic E-state index is 12.6. The van der Waals surface area contributed by atoms with E-state index >= 15 is 0 Å². The van der Waals surface area contributed by atoms with Crippen LogP contribution < -0.4 is 5.73 Å². The van der Waals surface area contributed by atoms with Gasteiger partial charge in [-0.15, -0.1) is 11.3 Å². The number of thiazole rings is 1. The first-order valence-electron chi connectivity index (χ1n) is 5.42. The van der Waals surface area contributed by atoms with Gasteiger partial charge in [-0.1, -0.05) is 23.9 Å². The van der Waals surface area contributed by atoms with Gasteiger partial charge in [0.05, 0.1) is 5.56 Å². The van der Waals surface area contributed by atoms with E-state index < -0.39 is 17.8 Å². The summed E-state index contributed by atoms with van der Waals surface area (Å²) in [6.45, 7) is 0. The van der Waals surface area contributed by atoms with Crippen LogP contribution in [0.3, 0.4) is 0 Å². The number of nitrogens with two attached hydrogens (primary N) is 1. The number of rotatable bonds is 4. The van der Waals surface area contributed by atoms with Crippen molar-refractivity contribution >= 4 is 23.1 Å². The zero-order valence-corrected chi connectivity index (χ0v) is 11.4. The van der Waals surface area contributed by atoms with Gasteiger partial charge in [-0.25, -0.2) is 4.98 Å². The summed E-state index contributed by atoms with van der Waals surface area (Å²) in [5, 5.41) is 1.85. The first kappa shape index (κ1) is 14.4. The van der Waals surface area contributed by atoms with Crippen LogP contribution in [0.4, 0.5) is 13.2 Å². The van der Waals surface area contributed by atoms with Crippen LogP contribution in [0.5, 0.6) is 0 Å². The molecule has 0 amide bonds. The molecule has 1 aromatic carbocycles. The molecule has 0 saturated carbocycles. The molecule has 1 unspecified atom stereocenters. The highest BCUT2D eigenvalue weighted by molar-refractivity contribution is 8.01. The highest BCUT2D eigenvalue weighted by Crippen LogP contribution is 2.31. The molecule has 0 spiro atoms. The zero-order chi connectivity index (χ0) is 13.9. The van der Waals surface area contributed by atoms with E-state index in [9.17, 15) is 13.2 Å². The Morgan fingerprint density at radius 3 is 2.79 bits per heavy atom. The van der Waals surface area contributed by atoms with Crippen molar-refractivity contribution in [2.75, 3.05) is 5.75 Å². The minimum atomic E-state index is -4.34. The Kier molecular flexibility index (Phi) is 4.49. The van der Waals surface area contributed by atoms with Crippen molar-refractivity contribution in [2.45, 2.75) is 16.6 Å². The summed E-state index contributed by atoms with van der Waals surface area (Å²) in [6.07, 6.45) is -2.65. The molecule has 0 fully saturated rings. The van der Waals surface area contributed by atoms with Gasteiger partial charge in [0.2, 0.25) is 0 Å². The Morgan fingerprint density at radius 2 is 2.16 bits per heavy atom. The van der Waals surface area contributed by atoms with E-state index in [4.69, 9.17) is 5.73 Å². The van der Waals surface area contributed by atoms with Crippen LogP contribution in [0.1, 0.15) is 17.2 Å². The minimum Gasteiger partial charge on any atom is -0.323 e. The lowest BCUT2D eigenvalue weighted by atomic mass is 10.1. The lowest BCUT2D eigenvalue weighted by Crippen LogP contribution is -2.14. The van der Waals surface area contributed by atoms with Crippen molar-refractivity contribution in [1.29, 1.82) is 0 Å². The van der Waals surface area contributed by atoms with Crippen LogP contribution in [-0.4, -0.2) is 10.7 Å². The summed E-state index contributed by atoms with van der Waals surface area (Å²) >= 11 is 2.93. The predicted octanol–water partition coefficient (Wildman–Crippen LogP) is 3.95. The van der Waals surface area contributed by atoms with E-state index in [-0.39, 0.29) is 0 Å². The van der Waals surface area contributed by atoms with Gasteiger partial charge in [-0.3, -0.25) is 0 Å². The van der Waals surface area contributed by atoms with Gasteiger partial charge >= 0.3 is 6.18 Å². The Hall–Kier alpha value is -1.05. The molecule has 0 aliphatic carbocycles. The number of thioether (sulfide) groups is 1. The first-order valence-corrected chi connectivity index (χ1v) is 7.28. The van der Waals surface area contributed by atoms with Gasteiger partial charge in [0.1, 0.15) is 4.34 Å². The van der Waals surface area contributed by atoms with Crippen LogP contribution in [0, 0.1) is 0 Å². The summed E-state index contributed by atoms with van der Waals surface area (Å²) in [7, 11) is 0. The monoisotopic (exact) mass is 304 g/mol. The second-order valence-electron chi connectivity index (χ2n) is 3.84. The topological polar surface area (TPSA) is 38.9 Å². The lowest BCUT2D eigenvalue weighted by molar-refractivity contribution is -0.137. The van der Waals surface area contributed by atoms with Crippen LogP contribution in [0.15, 0.2) is 40.2 Å². The molecule has 7 heteroatoms. The van der Waals surface area contributed by atoms with E-state index in [0.717, 1.165) is 16.5 Å². The maximum Gasteiger partial charge on any atom is 0.416 e. The van der Waals surface area contributed by atoms with Crippen molar-refractivity contribution in [3.63, 3.8) is 0 Å². The molecular weight excluding hydrogens is 293 g/mol. The molecule has 1 heterocycles. The molecule has 2 nitrogen and oxygen atoms in total. The maximum absolute atomic E-state index is 12.6. The quantitative estimate of drug-likeness (QED) is 0.869.